The van der Waals surface area contributed by atoms with Gasteiger partial charge in [0.25, 0.3) is 0 Å². The molecule has 25 heavy (non-hydrogen) atoms. The molecule has 130 valence electrons. The average molecular weight is 337 g/mol. The maximum Gasteiger partial charge on any atom is 0.187 e. The maximum absolute atomic E-state index is 12.1. The molecule has 0 aliphatic heterocycles. The lowest BCUT2D eigenvalue weighted by Crippen LogP contribution is -1.99. The van der Waals surface area contributed by atoms with Gasteiger partial charge in [-0.05, 0) is 61.9 Å². The molecule has 0 heterocycles. The van der Waals surface area contributed by atoms with E-state index in [0.29, 0.717) is 17.7 Å². The van der Waals surface area contributed by atoms with Crippen LogP contribution in [0.15, 0.2) is 60.8 Å². The summed E-state index contributed by atoms with van der Waals surface area (Å²) >= 11 is 0. The lowest BCUT2D eigenvalue weighted by atomic mass is 10.1. The monoisotopic (exact) mass is 337 g/mol. The molecule has 0 saturated heterocycles. The van der Waals surface area contributed by atoms with E-state index in [1.807, 2.05) is 12.1 Å². The molecule has 1 N–H and O–H groups in total. The molecule has 0 spiro atoms. The fourth-order valence-corrected chi connectivity index (χ4v) is 2.16. The summed E-state index contributed by atoms with van der Waals surface area (Å²) in [5.74, 6) is 0.713. The zero-order chi connectivity index (χ0) is 18.1. The molecule has 0 aliphatic rings. The summed E-state index contributed by atoms with van der Waals surface area (Å²) < 4.78 is 5.58. The highest BCUT2D eigenvalue weighted by Gasteiger charge is 2.02. The Hall–Kier alpha value is -2.88. The van der Waals surface area contributed by atoms with E-state index >= 15 is 0 Å². The first-order valence-corrected chi connectivity index (χ1v) is 8.41. The van der Waals surface area contributed by atoms with E-state index in [-0.39, 0.29) is 11.6 Å². The number of hydrogen-bond donors (Lipinski definition) is 1. The highest BCUT2D eigenvalue weighted by atomic mass is 16.5. The first-order chi connectivity index (χ1) is 12.1. The van der Waals surface area contributed by atoms with Crippen molar-refractivity contribution in [3.05, 3.63) is 71.9 Å². The van der Waals surface area contributed by atoms with E-state index in [1.165, 1.54) is 13.0 Å². The lowest BCUT2D eigenvalue weighted by molar-refractivity contribution is 0.101. The largest absolute Gasteiger partial charge is 0.494 e. The van der Waals surface area contributed by atoms with Gasteiger partial charge >= 0.3 is 0 Å². The number of carbonyl (C=O) groups is 2. The topological polar surface area (TPSA) is 55.4 Å². The molecule has 0 fully saturated rings. The molecule has 0 saturated carbocycles. The first-order valence-electron chi connectivity index (χ1n) is 8.41. The summed E-state index contributed by atoms with van der Waals surface area (Å²) in [6, 6.07) is 14.2. The molecular weight excluding hydrogens is 314 g/mol. The van der Waals surface area contributed by atoms with Gasteiger partial charge in [0.2, 0.25) is 0 Å². The Kier molecular flexibility index (Phi) is 6.96. The average Bonchev–Trinajstić information content (AvgIpc) is 2.63. The summed E-state index contributed by atoms with van der Waals surface area (Å²) in [7, 11) is 0. The number of ether oxygens (including phenoxy) is 1. The number of ketones is 2. The van der Waals surface area contributed by atoms with Crippen molar-refractivity contribution in [2.75, 3.05) is 11.9 Å². The van der Waals surface area contributed by atoms with E-state index in [9.17, 15) is 9.59 Å². The van der Waals surface area contributed by atoms with Gasteiger partial charge in [0, 0.05) is 29.1 Å². The van der Waals surface area contributed by atoms with E-state index in [0.717, 1.165) is 24.3 Å². The molecule has 0 aliphatic carbocycles. The third-order valence-corrected chi connectivity index (χ3v) is 3.68. The number of anilines is 1. The molecule has 0 amide bonds. The number of carbonyl (C=O) groups excluding carboxylic acids is 2. The van der Waals surface area contributed by atoms with Crippen molar-refractivity contribution in [3.8, 4) is 5.75 Å². The van der Waals surface area contributed by atoms with Crippen LogP contribution in [0.4, 0.5) is 5.69 Å². The summed E-state index contributed by atoms with van der Waals surface area (Å²) in [6.45, 7) is 4.33. The standard InChI is InChI=1S/C21H23NO3/c1-3-4-15-25-20-11-7-18(8-12-20)21(24)13-14-22-19-9-5-17(6-10-19)16(2)23/h5-14,22H,3-4,15H2,1-2H3/b14-13+. The Labute approximate surface area is 148 Å². The molecule has 0 atom stereocenters. The zero-order valence-corrected chi connectivity index (χ0v) is 14.6. The highest BCUT2D eigenvalue weighted by molar-refractivity contribution is 6.04. The Balaban J connectivity index is 1.88. The van der Waals surface area contributed by atoms with Gasteiger partial charge in [-0.1, -0.05) is 13.3 Å². The van der Waals surface area contributed by atoms with Crippen molar-refractivity contribution < 1.29 is 14.3 Å². The highest BCUT2D eigenvalue weighted by Crippen LogP contribution is 2.14. The third kappa shape index (κ3) is 5.92. The summed E-state index contributed by atoms with van der Waals surface area (Å²) in [5, 5.41) is 3.02. The number of rotatable bonds is 9. The molecule has 4 nitrogen and oxygen atoms in total. The van der Waals surface area contributed by atoms with Crippen LogP contribution in [0.2, 0.25) is 0 Å². The molecule has 0 bridgehead atoms. The Morgan fingerprint density at radius 1 is 1.00 bits per heavy atom. The molecule has 0 aromatic heterocycles. The molecule has 0 radical (unpaired) electrons. The second-order valence-electron chi connectivity index (χ2n) is 5.70. The number of nitrogens with one attached hydrogen (secondary N) is 1. The SMILES string of the molecule is CCCCOc1ccc(C(=O)/C=C/Nc2ccc(C(C)=O)cc2)cc1. The van der Waals surface area contributed by atoms with Gasteiger partial charge in [0.1, 0.15) is 5.75 Å². The smallest absolute Gasteiger partial charge is 0.187 e. The second kappa shape index (κ2) is 9.42. The Morgan fingerprint density at radius 3 is 2.24 bits per heavy atom. The van der Waals surface area contributed by atoms with Crippen LogP contribution in [-0.4, -0.2) is 18.2 Å². The Morgan fingerprint density at radius 2 is 1.64 bits per heavy atom. The van der Waals surface area contributed by atoms with Crippen LogP contribution in [-0.2, 0) is 0 Å². The fourth-order valence-electron chi connectivity index (χ4n) is 2.16. The normalized spacial score (nSPS) is 10.6. The maximum atomic E-state index is 12.1. The van der Waals surface area contributed by atoms with Crippen molar-refractivity contribution in [2.24, 2.45) is 0 Å². The molecule has 2 rings (SSSR count). The molecule has 2 aromatic rings. The molecule has 4 heteroatoms. The van der Waals surface area contributed by atoms with E-state index in [4.69, 9.17) is 4.74 Å². The zero-order valence-electron chi connectivity index (χ0n) is 14.6. The number of unbranched alkanes of at least 4 members (excludes halogenated alkanes) is 1. The van der Waals surface area contributed by atoms with Crippen molar-refractivity contribution >= 4 is 17.3 Å². The van der Waals surface area contributed by atoms with Crippen LogP contribution in [0, 0.1) is 0 Å². The quantitative estimate of drug-likeness (QED) is 0.403. The minimum atomic E-state index is -0.0898. The number of benzene rings is 2. The van der Waals surface area contributed by atoms with E-state index < -0.39 is 0 Å². The van der Waals surface area contributed by atoms with Gasteiger partial charge in [0.15, 0.2) is 11.6 Å². The summed E-state index contributed by atoms with van der Waals surface area (Å²) in [6.07, 6.45) is 5.18. The number of Topliss-reactive ketones (excluding diaryl/α,β-unsaturated/α-hetero) is 1. The molecule has 0 unspecified atom stereocenters. The molecule has 2 aromatic carbocycles. The lowest BCUT2D eigenvalue weighted by Gasteiger charge is -2.05. The second-order valence-corrected chi connectivity index (χ2v) is 5.70. The van der Waals surface area contributed by atoms with Crippen LogP contribution in [0.3, 0.4) is 0 Å². The van der Waals surface area contributed by atoms with Crippen LogP contribution in [0.5, 0.6) is 5.75 Å². The Bertz CT molecular complexity index is 731. The van der Waals surface area contributed by atoms with Crippen LogP contribution < -0.4 is 10.1 Å². The van der Waals surface area contributed by atoms with Gasteiger partial charge in [0.05, 0.1) is 6.61 Å². The van der Waals surface area contributed by atoms with Crippen molar-refractivity contribution in [1.29, 1.82) is 0 Å². The summed E-state index contributed by atoms with van der Waals surface area (Å²) in [5.41, 5.74) is 2.08. The van der Waals surface area contributed by atoms with Crippen molar-refractivity contribution in [1.82, 2.24) is 0 Å². The van der Waals surface area contributed by atoms with Gasteiger partial charge in [-0.3, -0.25) is 9.59 Å². The van der Waals surface area contributed by atoms with Gasteiger partial charge in [-0.15, -0.1) is 0 Å². The summed E-state index contributed by atoms with van der Waals surface area (Å²) in [4.78, 5) is 23.4. The minimum Gasteiger partial charge on any atom is -0.494 e. The fraction of sp³-hybridized carbons (Fsp3) is 0.238. The predicted molar refractivity (Wildman–Crippen MR) is 100 cm³/mol. The van der Waals surface area contributed by atoms with E-state index in [2.05, 4.69) is 12.2 Å². The third-order valence-electron chi connectivity index (χ3n) is 3.68. The number of hydrogen-bond acceptors (Lipinski definition) is 4. The van der Waals surface area contributed by atoms with E-state index in [1.54, 1.807) is 42.6 Å². The van der Waals surface area contributed by atoms with Crippen LogP contribution in [0.25, 0.3) is 0 Å². The van der Waals surface area contributed by atoms with Gasteiger partial charge < -0.3 is 10.1 Å². The number of allylic oxidation sites excluding steroid dienone is 1. The van der Waals surface area contributed by atoms with Crippen molar-refractivity contribution in [3.63, 3.8) is 0 Å². The van der Waals surface area contributed by atoms with Gasteiger partial charge in [-0.25, -0.2) is 0 Å². The predicted octanol–water partition coefficient (Wildman–Crippen LogP) is 4.88. The van der Waals surface area contributed by atoms with Gasteiger partial charge in [-0.2, -0.15) is 0 Å². The minimum absolute atomic E-state index is 0.0272. The first kappa shape index (κ1) is 18.5. The van der Waals surface area contributed by atoms with Crippen LogP contribution >= 0.6 is 0 Å². The molecular formula is C21H23NO3. The van der Waals surface area contributed by atoms with Crippen molar-refractivity contribution in [2.45, 2.75) is 26.7 Å². The van der Waals surface area contributed by atoms with Crippen LogP contribution in [0.1, 0.15) is 47.4 Å².